The Morgan fingerprint density at radius 3 is 2.46 bits per heavy atom. The third kappa shape index (κ3) is 4.55. The van der Waals surface area contributed by atoms with Crippen LogP contribution < -0.4 is 5.73 Å². The second-order valence-electron chi connectivity index (χ2n) is 2.97. The molecule has 0 heterocycles. The summed E-state index contributed by atoms with van der Waals surface area (Å²) >= 11 is 0. The van der Waals surface area contributed by atoms with Gasteiger partial charge in [-0.25, -0.2) is 4.79 Å². The average Bonchev–Trinajstić information content (AvgIpc) is 2.13. The summed E-state index contributed by atoms with van der Waals surface area (Å²) < 4.78 is 4.83. The van der Waals surface area contributed by atoms with E-state index in [-0.39, 0.29) is 5.97 Å². The number of nitrogens with two attached hydrogens (primary N) is 1. The fourth-order valence-corrected chi connectivity index (χ4v) is 0.925. The van der Waals surface area contributed by atoms with Gasteiger partial charge in [-0.1, -0.05) is 13.3 Å². The van der Waals surface area contributed by atoms with Crippen molar-refractivity contribution in [3.8, 4) is 0 Å². The van der Waals surface area contributed by atoms with E-state index in [9.17, 15) is 4.79 Å². The molecule has 13 heavy (non-hydrogen) atoms. The van der Waals surface area contributed by atoms with Gasteiger partial charge in [-0.3, -0.25) is 0 Å². The number of hydrogen-bond acceptors (Lipinski definition) is 3. The standard InChI is InChI=1S/C10H19NO2/c1-4-6-7-9(11)8(3)10(12)13-5-2/h4-7,11H2,1-3H3/b9-8-. The molecule has 0 radical (unpaired) electrons. The number of allylic oxidation sites excluding steroid dienone is 1. The molecule has 0 aromatic rings. The zero-order valence-electron chi connectivity index (χ0n) is 8.72. The quantitative estimate of drug-likeness (QED) is 0.526. The van der Waals surface area contributed by atoms with Crippen molar-refractivity contribution in [2.24, 2.45) is 5.73 Å². The van der Waals surface area contributed by atoms with Crippen LogP contribution in [0.4, 0.5) is 0 Å². The molecule has 0 saturated carbocycles. The molecule has 0 unspecified atom stereocenters. The molecule has 0 aromatic heterocycles. The van der Waals surface area contributed by atoms with E-state index in [2.05, 4.69) is 6.92 Å². The molecule has 3 heteroatoms. The van der Waals surface area contributed by atoms with E-state index in [1.165, 1.54) is 0 Å². The summed E-state index contributed by atoms with van der Waals surface area (Å²) in [5, 5.41) is 0. The Balaban J connectivity index is 4.15. The van der Waals surface area contributed by atoms with E-state index in [0.717, 1.165) is 19.3 Å². The minimum Gasteiger partial charge on any atom is -0.463 e. The monoisotopic (exact) mass is 185 g/mol. The van der Waals surface area contributed by atoms with E-state index >= 15 is 0 Å². The Morgan fingerprint density at radius 2 is 2.00 bits per heavy atom. The third-order valence-electron chi connectivity index (χ3n) is 1.86. The lowest BCUT2D eigenvalue weighted by atomic mass is 10.1. The first-order valence-corrected chi connectivity index (χ1v) is 4.75. The molecule has 0 amide bonds. The Labute approximate surface area is 79.9 Å². The number of rotatable bonds is 5. The van der Waals surface area contributed by atoms with Gasteiger partial charge in [0.15, 0.2) is 0 Å². The molecule has 0 bridgehead atoms. The molecule has 0 rings (SSSR count). The van der Waals surface area contributed by atoms with Gasteiger partial charge in [0, 0.05) is 5.70 Å². The summed E-state index contributed by atoms with van der Waals surface area (Å²) in [4.78, 5) is 11.2. The van der Waals surface area contributed by atoms with E-state index in [4.69, 9.17) is 10.5 Å². The molecule has 76 valence electrons. The van der Waals surface area contributed by atoms with Crippen LogP contribution in [0.3, 0.4) is 0 Å². The molecule has 0 aliphatic carbocycles. The summed E-state index contributed by atoms with van der Waals surface area (Å²) in [5.74, 6) is -0.295. The summed E-state index contributed by atoms with van der Waals surface area (Å²) in [6.45, 7) is 5.99. The topological polar surface area (TPSA) is 52.3 Å². The molecule has 0 aliphatic rings. The number of esters is 1. The van der Waals surface area contributed by atoms with Gasteiger partial charge < -0.3 is 10.5 Å². The summed E-state index contributed by atoms with van der Waals surface area (Å²) in [6, 6.07) is 0. The van der Waals surface area contributed by atoms with Gasteiger partial charge in [0.05, 0.1) is 12.2 Å². The molecule has 0 aromatic carbocycles. The fourth-order valence-electron chi connectivity index (χ4n) is 0.925. The van der Waals surface area contributed by atoms with Crippen LogP contribution in [0.5, 0.6) is 0 Å². The van der Waals surface area contributed by atoms with Crippen molar-refractivity contribution >= 4 is 5.97 Å². The highest BCUT2D eigenvalue weighted by Crippen LogP contribution is 2.08. The van der Waals surface area contributed by atoms with Crippen LogP contribution in [0.15, 0.2) is 11.3 Å². The van der Waals surface area contributed by atoms with Crippen LogP contribution >= 0.6 is 0 Å². The van der Waals surface area contributed by atoms with E-state index < -0.39 is 0 Å². The highest BCUT2D eigenvalue weighted by atomic mass is 16.5. The van der Waals surface area contributed by atoms with E-state index in [0.29, 0.717) is 17.9 Å². The van der Waals surface area contributed by atoms with E-state index in [1.54, 1.807) is 13.8 Å². The highest BCUT2D eigenvalue weighted by Gasteiger charge is 2.08. The van der Waals surface area contributed by atoms with Gasteiger partial charge in [-0.05, 0) is 26.7 Å². The minimum atomic E-state index is -0.295. The van der Waals surface area contributed by atoms with Gasteiger partial charge in [-0.15, -0.1) is 0 Å². The highest BCUT2D eigenvalue weighted by molar-refractivity contribution is 5.88. The molecule has 0 atom stereocenters. The van der Waals surface area contributed by atoms with Gasteiger partial charge in [0.25, 0.3) is 0 Å². The van der Waals surface area contributed by atoms with Crippen molar-refractivity contribution in [3.63, 3.8) is 0 Å². The Hall–Kier alpha value is -0.990. The Bertz CT molecular complexity index is 197. The maximum atomic E-state index is 11.2. The first-order chi connectivity index (χ1) is 6.13. The van der Waals surface area contributed by atoms with Crippen molar-refractivity contribution in [1.82, 2.24) is 0 Å². The maximum Gasteiger partial charge on any atom is 0.335 e. The van der Waals surface area contributed by atoms with Gasteiger partial charge in [0.1, 0.15) is 0 Å². The number of ether oxygens (including phenoxy) is 1. The van der Waals surface area contributed by atoms with Crippen molar-refractivity contribution in [2.75, 3.05) is 6.61 Å². The second-order valence-corrected chi connectivity index (χ2v) is 2.97. The molecule has 0 aliphatic heterocycles. The largest absolute Gasteiger partial charge is 0.463 e. The van der Waals surface area contributed by atoms with Gasteiger partial charge >= 0.3 is 5.97 Å². The van der Waals surface area contributed by atoms with Crippen LogP contribution in [0.1, 0.15) is 40.0 Å². The lowest BCUT2D eigenvalue weighted by Gasteiger charge is -2.06. The normalized spacial score (nSPS) is 12.2. The summed E-state index contributed by atoms with van der Waals surface area (Å²) in [6.07, 6.45) is 2.88. The third-order valence-corrected chi connectivity index (χ3v) is 1.86. The van der Waals surface area contributed by atoms with Crippen molar-refractivity contribution in [3.05, 3.63) is 11.3 Å². The molecule has 0 spiro atoms. The number of carbonyl (C=O) groups excluding carboxylic acids is 1. The molecule has 0 fully saturated rings. The molecular weight excluding hydrogens is 166 g/mol. The first-order valence-electron chi connectivity index (χ1n) is 4.75. The SMILES string of the molecule is CCCC/C(N)=C(\C)C(=O)OCC. The van der Waals surface area contributed by atoms with Gasteiger partial charge in [-0.2, -0.15) is 0 Å². The van der Waals surface area contributed by atoms with Crippen molar-refractivity contribution < 1.29 is 9.53 Å². The second kappa shape index (κ2) is 6.52. The molecule has 2 N–H and O–H groups in total. The maximum absolute atomic E-state index is 11.2. The zero-order valence-corrected chi connectivity index (χ0v) is 8.72. The molecular formula is C10H19NO2. The number of carbonyl (C=O) groups is 1. The predicted octanol–water partition coefficient (Wildman–Crippen LogP) is 1.97. The first kappa shape index (κ1) is 12.0. The zero-order chi connectivity index (χ0) is 10.3. The van der Waals surface area contributed by atoms with Crippen molar-refractivity contribution in [2.45, 2.75) is 40.0 Å². The van der Waals surface area contributed by atoms with Crippen LogP contribution in [0, 0.1) is 0 Å². The molecule has 3 nitrogen and oxygen atoms in total. The fraction of sp³-hybridized carbons (Fsp3) is 0.700. The molecule has 0 saturated heterocycles. The van der Waals surface area contributed by atoms with Crippen LogP contribution in [-0.4, -0.2) is 12.6 Å². The van der Waals surface area contributed by atoms with Crippen LogP contribution in [0.25, 0.3) is 0 Å². The average molecular weight is 185 g/mol. The van der Waals surface area contributed by atoms with Crippen LogP contribution in [0.2, 0.25) is 0 Å². The number of unbranched alkanes of at least 4 members (excludes halogenated alkanes) is 1. The van der Waals surface area contributed by atoms with Crippen LogP contribution in [-0.2, 0) is 9.53 Å². The smallest absolute Gasteiger partial charge is 0.335 e. The lowest BCUT2D eigenvalue weighted by Crippen LogP contribution is -2.12. The Morgan fingerprint density at radius 1 is 1.38 bits per heavy atom. The van der Waals surface area contributed by atoms with Crippen molar-refractivity contribution in [1.29, 1.82) is 0 Å². The Kier molecular flexibility index (Phi) is 6.02. The minimum absolute atomic E-state index is 0.295. The lowest BCUT2D eigenvalue weighted by molar-refractivity contribution is -0.138. The predicted molar refractivity (Wildman–Crippen MR) is 53.0 cm³/mol. The summed E-state index contributed by atoms with van der Waals surface area (Å²) in [7, 11) is 0. The van der Waals surface area contributed by atoms with Gasteiger partial charge in [0.2, 0.25) is 0 Å². The summed E-state index contributed by atoms with van der Waals surface area (Å²) in [5.41, 5.74) is 6.92. The number of hydrogen-bond donors (Lipinski definition) is 1. The van der Waals surface area contributed by atoms with E-state index in [1.807, 2.05) is 0 Å².